The summed E-state index contributed by atoms with van der Waals surface area (Å²) in [4.78, 5) is 18.9. The molecule has 1 aliphatic heterocycles. The van der Waals surface area contributed by atoms with Crippen LogP contribution < -0.4 is 0 Å². The van der Waals surface area contributed by atoms with E-state index in [1.165, 1.54) is 0 Å². The number of hydrogen-bond donors (Lipinski definition) is 0. The van der Waals surface area contributed by atoms with Gasteiger partial charge < -0.3 is 4.90 Å². The smallest absolute Gasteiger partial charge is 0.227 e. The molecular formula is C17H18F2N2OS. The van der Waals surface area contributed by atoms with Crippen molar-refractivity contribution in [1.82, 2.24) is 9.88 Å². The Kier molecular flexibility index (Phi) is 4.71. The normalized spacial score (nSPS) is 18.2. The van der Waals surface area contributed by atoms with Crippen molar-refractivity contribution in [3.8, 4) is 0 Å². The topological polar surface area (TPSA) is 33.2 Å². The fraction of sp³-hybridized carbons (Fsp3) is 0.412. The van der Waals surface area contributed by atoms with Crippen LogP contribution in [-0.4, -0.2) is 22.3 Å². The van der Waals surface area contributed by atoms with Crippen molar-refractivity contribution in [2.75, 3.05) is 6.54 Å². The second kappa shape index (κ2) is 6.74. The lowest BCUT2D eigenvalue weighted by Gasteiger charge is -2.34. The number of thiazole rings is 1. The molecule has 0 spiro atoms. The summed E-state index contributed by atoms with van der Waals surface area (Å²) in [6.45, 7) is 2.57. The highest BCUT2D eigenvalue weighted by molar-refractivity contribution is 7.09. The summed E-state index contributed by atoms with van der Waals surface area (Å²) in [6.07, 6.45) is 2.72. The molecule has 2 aromatic rings. The Morgan fingerprint density at radius 2 is 2.22 bits per heavy atom. The van der Waals surface area contributed by atoms with Crippen LogP contribution in [0.1, 0.15) is 41.6 Å². The predicted octanol–water partition coefficient (Wildman–Crippen LogP) is 4.03. The van der Waals surface area contributed by atoms with Gasteiger partial charge in [0.15, 0.2) is 0 Å². The van der Waals surface area contributed by atoms with Gasteiger partial charge in [-0.05, 0) is 44.4 Å². The van der Waals surface area contributed by atoms with Crippen LogP contribution in [0.15, 0.2) is 23.6 Å². The van der Waals surface area contributed by atoms with Gasteiger partial charge in [-0.3, -0.25) is 4.79 Å². The largest absolute Gasteiger partial charge is 0.333 e. The summed E-state index contributed by atoms with van der Waals surface area (Å²) in [5, 5.41) is 2.90. The van der Waals surface area contributed by atoms with Crippen LogP contribution in [-0.2, 0) is 11.2 Å². The standard InChI is InChI=1S/C17H18F2N2OS/c1-11-10-23-17(20-11)15-4-2-3-7-21(15)16(22)9-12-8-13(18)5-6-14(12)19/h5-6,8,10,15H,2-4,7,9H2,1H3. The second-order valence-electron chi connectivity index (χ2n) is 5.84. The summed E-state index contributed by atoms with van der Waals surface area (Å²) < 4.78 is 27.1. The van der Waals surface area contributed by atoms with Crippen molar-refractivity contribution < 1.29 is 13.6 Å². The fourth-order valence-electron chi connectivity index (χ4n) is 2.96. The SMILES string of the molecule is Cc1csc(C2CCCCN2C(=O)Cc2cc(F)ccc2F)n1. The molecule has 3 rings (SSSR count). The molecule has 0 bridgehead atoms. The molecule has 122 valence electrons. The minimum atomic E-state index is -0.543. The third kappa shape index (κ3) is 3.58. The zero-order valence-electron chi connectivity index (χ0n) is 12.9. The molecule has 0 N–H and O–H groups in total. The molecule has 0 radical (unpaired) electrons. The molecule has 1 unspecified atom stereocenters. The quantitative estimate of drug-likeness (QED) is 0.848. The summed E-state index contributed by atoms with van der Waals surface area (Å²) >= 11 is 1.55. The number of aryl methyl sites for hydroxylation is 1. The first-order chi connectivity index (χ1) is 11.0. The molecule has 3 nitrogen and oxygen atoms in total. The molecule has 0 saturated carbocycles. The van der Waals surface area contributed by atoms with Gasteiger partial charge in [0.2, 0.25) is 5.91 Å². The van der Waals surface area contributed by atoms with Crippen LogP contribution in [0.2, 0.25) is 0 Å². The van der Waals surface area contributed by atoms with Crippen LogP contribution in [0.5, 0.6) is 0 Å². The lowest BCUT2D eigenvalue weighted by molar-refractivity contribution is -0.134. The number of piperidine rings is 1. The number of likely N-dealkylation sites (tertiary alicyclic amines) is 1. The highest BCUT2D eigenvalue weighted by atomic mass is 32.1. The van der Waals surface area contributed by atoms with E-state index in [2.05, 4.69) is 4.98 Å². The first-order valence-electron chi connectivity index (χ1n) is 7.70. The highest BCUT2D eigenvalue weighted by Crippen LogP contribution is 2.33. The molecule has 2 heterocycles. The van der Waals surface area contributed by atoms with Crippen LogP contribution in [0.3, 0.4) is 0 Å². The number of carbonyl (C=O) groups is 1. The van der Waals surface area contributed by atoms with Crippen molar-refractivity contribution in [3.63, 3.8) is 0 Å². The van der Waals surface area contributed by atoms with E-state index in [1.807, 2.05) is 12.3 Å². The molecular weight excluding hydrogens is 318 g/mol. The molecule has 1 atom stereocenters. The van der Waals surface area contributed by atoms with Crippen LogP contribution >= 0.6 is 11.3 Å². The van der Waals surface area contributed by atoms with Crippen molar-refractivity contribution in [1.29, 1.82) is 0 Å². The average molecular weight is 336 g/mol. The number of amides is 1. The minimum Gasteiger partial charge on any atom is -0.333 e. The summed E-state index contributed by atoms with van der Waals surface area (Å²) in [7, 11) is 0. The van der Waals surface area contributed by atoms with E-state index >= 15 is 0 Å². The average Bonchev–Trinajstić information content (AvgIpc) is 2.97. The molecule has 1 aromatic carbocycles. The van der Waals surface area contributed by atoms with Gasteiger partial charge in [-0.25, -0.2) is 13.8 Å². The maximum Gasteiger partial charge on any atom is 0.227 e. The van der Waals surface area contributed by atoms with Gasteiger partial charge in [0.05, 0.1) is 12.5 Å². The first kappa shape index (κ1) is 16.1. The van der Waals surface area contributed by atoms with Gasteiger partial charge >= 0.3 is 0 Å². The van der Waals surface area contributed by atoms with Crippen molar-refractivity contribution in [2.45, 2.75) is 38.6 Å². The predicted molar refractivity (Wildman–Crippen MR) is 85.2 cm³/mol. The van der Waals surface area contributed by atoms with Gasteiger partial charge in [0.1, 0.15) is 16.6 Å². The minimum absolute atomic E-state index is 0.0495. The number of rotatable bonds is 3. The van der Waals surface area contributed by atoms with Crippen LogP contribution in [0, 0.1) is 18.6 Å². The van der Waals surface area contributed by atoms with Gasteiger partial charge in [-0.15, -0.1) is 11.3 Å². The third-order valence-electron chi connectivity index (χ3n) is 4.09. The van der Waals surface area contributed by atoms with E-state index < -0.39 is 11.6 Å². The van der Waals surface area contributed by atoms with E-state index in [1.54, 1.807) is 16.2 Å². The summed E-state index contributed by atoms with van der Waals surface area (Å²) in [5.74, 6) is -1.25. The zero-order valence-corrected chi connectivity index (χ0v) is 13.7. The lowest BCUT2D eigenvalue weighted by Crippen LogP contribution is -2.39. The Labute approximate surface area is 138 Å². The van der Waals surface area contributed by atoms with Crippen molar-refractivity contribution in [3.05, 3.63) is 51.5 Å². The maximum atomic E-state index is 13.8. The fourth-order valence-corrected chi connectivity index (χ4v) is 3.90. The molecule has 0 aliphatic carbocycles. The third-order valence-corrected chi connectivity index (χ3v) is 5.16. The van der Waals surface area contributed by atoms with Gasteiger partial charge in [-0.1, -0.05) is 0 Å². The zero-order chi connectivity index (χ0) is 16.4. The molecule has 1 aliphatic rings. The Bertz CT molecular complexity index is 716. The number of nitrogens with zero attached hydrogens (tertiary/aromatic N) is 2. The molecule has 1 amide bonds. The number of benzene rings is 1. The number of halogens is 2. The van der Waals surface area contributed by atoms with E-state index in [4.69, 9.17) is 0 Å². The summed E-state index contributed by atoms with van der Waals surface area (Å²) in [5.41, 5.74) is 1.05. The monoisotopic (exact) mass is 336 g/mol. The molecule has 1 saturated heterocycles. The molecule has 23 heavy (non-hydrogen) atoms. The lowest BCUT2D eigenvalue weighted by atomic mass is 10.0. The van der Waals surface area contributed by atoms with Crippen molar-refractivity contribution in [2.24, 2.45) is 0 Å². The Morgan fingerprint density at radius 1 is 1.39 bits per heavy atom. The molecule has 1 fully saturated rings. The maximum absolute atomic E-state index is 13.8. The van der Waals surface area contributed by atoms with E-state index in [0.717, 1.165) is 48.2 Å². The Hall–Kier alpha value is -1.82. The number of hydrogen-bond acceptors (Lipinski definition) is 3. The number of carbonyl (C=O) groups excluding carboxylic acids is 1. The molecule has 1 aromatic heterocycles. The second-order valence-corrected chi connectivity index (χ2v) is 6.73. The Balaban J connectivity index is 1.80. The van der Waals surface area contributed by atoms with Crippen LogP contribution in [0.4, 0.5) is 8.78 Å². The summed E-state index contributed by atoms with van der Waals surface area (Å²) in [6, 6.07) is 3.17. The van der Waals surface area contributed by atoms with Gasteiger partial charge in [0, 0.05) is 23.2 Å². The van der Waals surface area contributed by atoms with E-state index in [-0.39, 0.29) is 23.9 Å². The van der Waals surface area contributed by atoms with Crippen molar-refractivity contribution >= 4 is 17.2 Å². The van der Waals surface area contributed by atoms with E-state index in [0.29, 0.717) is 6.54 Å². The first-order valence-corrected chi connectivity index (χ1v) is 8.58. The number of aromatic nitrogens is 1. The van der Waals surface area contributed by atoms with Gasteiger partial charge in [0.25, 0.3) is 0 Å². The van der Waals surface area contributed by atoms with Crippen LogP contribution in [0.25, 0.3) is 0 Å². The van der Waals surface area contributed by atoms with Gasteiger partial charge in [-0.2, -0.15) is 0 Å². The van der Waals surface area contributed by atoms with E-state index in [9.17, 15) is 13.6 Å². The Morgan fingerprint density at radius 3 is 2.96 bits per heavy atom. The molecule has 6 heteroatoms. The highest BCUT2D eigenvalue weighted by Gasteiger charge is 2.30.